The van der Waals surface area contributed by atoms with Crippen molar-refractivity contribution in [2.75, 3.05) is 24.1 Å². The number of carbonyl (C=O) groups excluding carboxylic acids is 1. The Balaban J connectivity index is 1.57. The predicted octanol–water partition coefficient (Wildman–Crippen LogP) is 2.43. The molecule has 0 atom stereocenters. The molecule has 1 aromatic heterocycles. The average Bonchev–Trinajstić information content (AvgIpc) is 2.55. The van der Waals surface area contributed by atoms with Crippen LogP contribution < -0.4 is 11.1 Å². The number of aromatic nitrogens is 2. The van der Waals surface area contributed by atoms with E-state index in [-0.39, 0.29) is 17.9 Å². The summed E-state index contributed by atoms with van der Waals surface area (Å²) in [6, 6.07) is 11.2. The molecule has 0 saturated carbocycles. The molecule has 3 rings (SSSR count). The number of nitrogens with zero attached hydrogens (tertiary/aromatic N) is 3. The van der Waals surface area contributed by atoms with E-state index in [1.54, 1.807) is 6.07 Å². The molecule has 2 heterocycles. The van der Waals surface area contributed by atoms with Gasteiger partial charge in [-0.1, -0.05) is 29.8 Å². The van der Waals surface area contributed by atoms with E-state index < -0.39 is 0 Å². The van der Waals surface area contributed by atoms with Crippen LogP contribution in [0.15, 0.2) is 36.4 Å². The van der Waals surface area contributed by atoms with Crippen molar-refractivity contribution >= 4 is 29.3 Å². The quantitative estimate of drug-likeness (QED) is 0.844. The molecule has 1 aromatic carbocycles. The van der Waals surface area contributed by atoms with Gasteiger partial charge in [0.25, 0.3) is 5.91 Å². The first kappa shape index (κ1) is 15.6. The highest BCUT2D eigenvalue weighted by atomic mass is 35.5. The maximum atomic E-state index is 12.4. The van der Waals surface area contributed by atoms with Crippen molar-refractivity contribution in [1.29, 1.82) is 0 Å². The number of carbonyl (C=O) groups is 1. The van der Waals surface area contributed by atoms with Crippen LogP contribution in [-0.4, -0.2) is 39.9 Å². The van der Waals surface area contributed by atoms with Gasteiger partial charge in [-0.3, -0.25) is 4.79 Å². The van der Waals surface area contributed by atoms with Crippen LogP contribution in [0.3, 0.4) is 0 Å². The number of rotatable bonds is 3. The molecule has 0 radical (unpaired) electrons. The highest BCUT2D eigenvalue weighted by molar-refractivity contribution is 6.29. The van der Waals surface area contributed by atoms with E-state index >= 15 is 0 Å². The van der Waals surface area contributed by atoms with Crippen molar-refractivity contribution in [2.24, 2.45) is 0 Å². The molecule has 0 unspecified atom stereocenters. The van der Waals surface area contributed by atoms with Crippen LogP contribution in [0.2, 0.25) is 5.15 Å². The van der Waals surface area contributed by atoms with Crippen LogP contribution >= 0.6 is 11.6 Å². The molecule has 7 heteroatoms. The number of nitrogens with one attached hydrogen (secondary N) is 1. The second-order valence-electron chi connectivity index (χ2n) is 5.51. The molecule has 1 aliphatic rings. The monoisotopic (exact) mass is 331 g/mol. The lowest BCUT2D eigenvalue weighted by Gasteiger charge is -2.32. The Labute approximate surface area is 139 Å². The molecular weight excluding hydrogens is 314 g/mol. The Bertz CT molecular complexity index is 666. The minimum atomic E-state index is 0.0818. The molecule has 6 nitrogen and oxygen atoms in total. The zero-order chi connectivity index (χ0) is 16.2. The van der Waals surface area contributed by atoms with E-state index in [0.717, 1.165) is 18.4 Å². The molecule has 120 valence electrons. The summed E-state index contributed by atoms with van der Waals surface area (Å²) in [4.78, 5) is 22.2. The topological polar surface area (TPSA) is 84.1 Å². The second-order valence-corrected chi connectivity index (χ2v) is 5.90. The van der Waals surface area contributed by atoms with Crippen LogP contribution in [-0.2, 0) is 0 Å². The summed E-state index contributed by atoms with van der Waals surface area (Å²) in [7, 11) is 0. The van der Waals surface area contributed by atoms with E-state index in [9.17, 15) is 4.79 Å². The lowest BCUT2D eigenvalue weighted by Crippen LogP contribution is -2.42. The minimum Gasteiger partial charge on any atom is -0.368 e. The Hall–Kier alpha value is -2.34. The van der Waals surface area contributed by atoms with Crippen molar-refractivity contribution in [2.45, 2.75) is 18.9 Å². The van der Waals surface area contributed by atoms with Crippen LogP contribution in [0.4, 0.5) is 11.8 Å². The summed E-state index contributed by atoms with van der Waals surface area (Å²) < 4.78 is 0. The van der Waals surface area contributed by atoms with Gasteiger partial charge in [-0.25, -0.2) is 4.98 Å². The molecule has 0 aliphatic carbocycles. The van der Waals surface area contributed by atoms with E-state index in [1.165, 1.54) is 0 Å². The largest absolute Gasteiger partial charge is 0.368 e. The Kier molecular flexibility index (Phi) is 4.62. The number of halogens is 1. The van der Waals surface area contributed by atoms with E-state index in [4.69, 9.17) is 17.3 Å². The van der Waals surface area contributed by atoms with E-state index in [0.29, 0.717) is 24.1 Å². The smallest absolute Gasteiger partial charge is 0.253 e. The van der Waals surface area contributed by atoms with Crippen LogP contribution in [0.5, 0.6) is 0 Å². The number of piperidine rings is 1. The van der Waals surface area contributed by atoms with Gasteiger partial charge in [0, 0.05) is 30.8 Å². The fourth-order valence-corrected chi connectivity index (χ4v) is 2.90. The number of likely N-dealkylation sites (tertiary alicyclic amines) is 1. The second kappa shape index (κ2) is 6.83. The Morgan fingerprint density at radius 2 is 1.91 bits per heavy atom. The molecular formula is C16H18ClN5O. The molecule has 0 spiro atoms. The summed E-state index contributed by atoms with van der Waals surface area (Å²) in [6.07, 6.45) is 1.69. The summed E-state index contributed by atoms with van der Waals surface area (Å²) in [5, 5.41) is 3.62. The first-order valence-electron chi connectivity index (χ1n) is 7.53. The van der Waals surface area contributed by atoms with Crippen molar-refractivity contribution in [1.82, 2.24) is 14.9 Å². The zero-order valence-corrected chi connectivity index (χ0v) is 13.3. The molecule has 1 aliphatic heterocycles. The highest BCUT2D eigenvalue weighted by Crippen LogP contribution is 2.19. The molecule has 0 bridgehead atoms. The number of amides is 1. The van der Waals surface area contributed by atoms with Gasteiger partial charge in [-0.15, -0.1) is 0 Å². The predicted molar refractivity (Wildman–Crippen MR) is 90.4 cm³/mol. The maximum Gasteiger partial charge on any atom is 0.253 e. The zero-order valence-electron chi connectivity index (χ0n) is 12.6. The van der Waals surface area contributed by atoms with E-state index in [2.05, 4.69) is 15.3 Å². The van der Waals surface area contributed by atoms with Gasteiger partial charge >= 0.3 is 0 Å². The molecule has 3 N–H and O–H groups in total. The number of nitrogens with two attached hydrogens (primary N) is 1. The third kappa shape index (κ3) is 3.90. The molecule has 1 fully saturated rings. The maximum absolute atomic E-state index is 12.4. The molecule has 23 heavy (non-hydrogen) atoms. The normalized spacial score (nSPS) is 15.4. The number of benzene rings is 1. The van der Waals surface area contributed by atoms with Gasteiger partial charge in [-0.2, -0.15) is 4.98 Å². The van der Waals surface area contributed by atoms with Gasteiger partial charge in [0.2, 0.25) is 5.95 Å². The molecule has 1 amide bonds. The van der Waals surface area contributed by atoms with Gasteiger partial charge in [0.1, 0.15) is 11.0 Å². The Morgan fingerprint density at radius 1 is 1.22 bits per heavy atom. The fourth-order valence-electron chi connectivity index (χ4n) is 2.71. The van der Waals surface area contributed by atoms with Crippen molar-refractivity contribution in [3.63, 3.8) is 0 Å². The SMILES string of the molecule is Nc1nc(Cl)cc(NC2CCN(C(=O)c3ccccc3)CC2)n1. The van der Waals surface area contributed by atoms with Crippen LogP contribution in [0.25, 0.3) is 0 Å². The first-order valence-corrected chi connectivity index (χ1v) is 7.90. The van der Waals surface area contributed by atoms with Crippen molar-refractivity contribution in [3.8, 4) is 0 Å². The minimum absolute atomic E-state index is 0.0818. The molecule has 1 saturated heterocycles. The lowest BCUT2D eigenvalue weighted by molar-refractivity contribution is 0.0718. The lowest BCUT2D eigenvalue weighted by atomic mass is 10.0. The van der Waals surface area contributed by atoms with E-state index in [1.807, 2.05) is 35.2 Å². The van der Waals surface area contributed by atoms with Crippen molar-refractivity contribution in [3.05, 3.63) is 47.1 Å². The fraction of sp³-hybridized carbons (Fsp3) is 0.312. The number of hydrogen-bond donors (Lipinski definition) is 2. The highest BCUT2D eigenvalue weighted by Gasteiger charge is 2.23. The van der Waals surface area contributed by atoms with Gasteiger partial charge in [-0.05, 0) is 25.0 Å². The summed E-state index contributed by atoms with van der Waals surface area (Å²) in [5.74, 6) is 0.852. The average molecular weight is 332 g/mol. The van der Waals surface area contributed by atoms with Gasteiger partial charge in [0.05, 0.1) is 0 Å². The third-order valence-electron chi connectivity index (χ3n) is 3.87. The third-order valence-corrected chi connectivity index (χ3v) is 4.06. The van der Waals surface area contributed by atoms with Crippen molar-refractivity contribution < 1.29 is 4.79 Å². The van der Waals surface area contributed by atoms with Gasteiger partial charge < -0.3 is 16.0 Å². The van der Waals surface area contributed by atoms with Crippen LogP contribution in [0.1, 0.15) is 23.2 Å². The molecule has 2 aromatic rings. The standard InChI is InChI=1S/C16H18ClN5O/c17-13-10-14(21-16(18)20-13)19-12-6-8-22(9-7-12)15(23)11-4-2-1-3-5-11/h1-5,10,12H,6-9H2,(H3,18,19,20,21). The summed E-state index contributed by atoms with van der Waals surface area (Å²) in [5.41, 5.74) is 6.32. The summed E-state index contributed by atoms with van der Waals surface area (Å²) in [6.45, 7) is 1.42. The number of nitrogen functional groups attached to an aromatic ring is 1. The first-order chi connectivity index (χ1) is 11.1. The van der Waals surface area contributed by atoms with Crippen LogP contribution in [0, 0.1) is 0 Å². The summed E-state index contributed by atoms with van der Waals surface area (Å²) >= 11 is 5.88. The number of anilines is 2. The number of hydrogen-bond acceptors (Lipinski definition) is 5. The Morgan fingerprint density at radius 3 is 2.57 bits per heavy atom. The van der Waals surface area contributed by atoms with Gasteiger partial charge in [0.15, 0.2) is 0 Å².